The van der Waals surface area contributed by atoms with E-state index in [0.29, 0.717) is 19.3 Å². The van der Waals surface area contributed by atoms with Crippen LogP contribution < -0.4 is 5.32 Å². The van der Waals surface area contributed by atoms with Crippen LogP contribution in [0, 0.1) is 0 Å². The Balaban J connectivity index is 2.58. The summed E-state index contributed by atoms with van der Waals surface area (Å²) in [6.45, 7) is -1.19. The van der Waals surface area contributed by atoms with Gasteiger partial charge in [0.15, 0.2) is 9.84 Å². The highest BCUT2D eigenvalue weighted by Crippen LogP contribution is 2.27. The van der Waals surface area contributed by atoms with Crippen LogP contribution in [-0.2, 0) is 9.84 Å². The van der Waals surface area contributed by atoms with E-state index in [-0.39, 0.29) is 0 Å². The lowest BCUT2D eigenvalue weighted by atomic mass is 10.2. The number of alkyl halides is 4. The standard InChI is InChI=1S/C9H15F4NO2S/c1-17(15,16)7-4-2-3-6(7)14-5-9(12,13)8(10)11/h6-8,14H,2-5H2,1H3. The average Bonchev–Trinajstić information content (AvgIpc) is 2.61. The molecule has 0 aromatic carbocycles. The van der Waals surface area contributed by atoms with Gasteiger partial charge in [0.2, 0.25) is 0 Å². The molecule has 17 heavy (non-hydrogen) atoms. The van der Waals surface area contributed by atoms with Crippen molar-refractivity contribution in [3.8, 4) is 0 Å². The molecule has 0 heterocycles. The Kier molecular flexibility index (Phi) is 4.40. The highest BCUT2D eigenvalue weighted by atomic mass is 32.2. The van der Waals surface area contributed by atoms with Gasteiger partial charge in [0.1, 0.15) is 0 Å². The number of nitrogens with one attached hydrogen (secondary N) is 1. The van der Waals surface area contributed by atoms with Gasteiger partial charge in [0.05, 0.1) is 11.8 Å². The van der Waals surface area contributed by atoms with Crippen molar-refractivity contribution < 1.29 is 26.0 Å². The molecule has 0 radical (unpaired) electrons. The zero-order chi connectivity index (χ0) is 13.3. The molecule has 1 fully saturated rings. The quantitative estimate of drug-likeness (QED) is 0.774. The molecule has 3 nitrogen and oxygen atoms in total. The fourth-order valence-electron chi connectivity index (χ4n) is 2.02. The van der Waals surface area contributed by atoms with Crippen LogP contribution in [0.15, 0.2) is 0 Å². The Labute approximate surface area is 97.5 Å². The van der Waals surface area contributed by atoms with Gasteiger partial charge in [-0.05, 0) is 12.8 Å². The van der Waals surface area contributed by atoms with Crippen molar-refractivity contribution in [3.05, 3.63) is 0 Å². The van der Waals surface area contributed by atoms with Crippen LogP contribution in [0.1, 0.15) is 19.3 Å². The maximum Gasteiger partial charge on any atom is 0.319 e. The van der Waals surface area contributed by atoms with Gasteiger partial charge < -0.3 is 5.32 Å². The van der Waals surface area contributed by atoms with Crippen LogP contribution in [0.3, 0.4) is 0 Å². The molecule has 102 valence electrons. The van der Waals surface area contributed by atoms with Crippen LogP contribution in [0.25, 0.3) is 0 Å². The molecular weight excluding hydrogens is 262 g/mol. The van der Waals surface area contributed by atoms with Gasteiger partial charge >= 0.3 is 12.3 Å². The first-order chi connectivity index (χ1) is 7.64. The van der Waals surface area contributed by atoms with E-state index in [9.17, 15) is 26.0 Å². The number of hydrogen-bond acceptors (Lipinski definition) is 3. The van der Waals surface area contributed by atoms with E-state index in [1.165, 1.54) is 0 Å². The van der Waals surface area contributed by atoms with E-state index in [1.54, 1.807) is 0 Å². The predicted octanol–water partition coefficient (Wildman–Crippen LogP) is 1.44. The van der Waals surface area contributed by atoms with E-state index in [0.717, 1.165) is 6.26 Å². The molecule has 8 heteroatoms. The van der Waals surface area contributed by atoms with Gasteiger partial charge in [-0.25, -0.2) is 17.2 Å². The predicted molar refractivity (Wildman–Crippen MR) is 55.2 cm³/mol. The molecule has 0 aromatic heterocycles. The largest absolute Gasteiger partial charge is 0.319 e. The third-order valence-corrected chi connectivity index (χ3v) is 4.59. The summed E-state index contributed by atoms with van der Waals surface area (Å²) in [7, 11) is -3.33. The molecule has 1 saturated carbocycles. The van der Waals surface area contributed by atoms with Crippen LogP contribution >= 0.6 is 0 Å². The molecule has 1 aliphatic rings. The van der Waals surface area contributed by atoms with E-state index < -0.39 is 40.0 Å². The van der Waals surface area contributed by atoms with Crippen molar-refractivity contribution in [1.29, 1.82) is 0 Å². The molecule has 0 amide bonds. The Morgan fingerprint density at radius 3 is 2.41 bits per heavy atom. The van der Waals surface area contributed by atoms with Gasteiger partial charge in [0.25, 0.3) is 0 Å². The molecule has 2 atom stereocenters. The first-order valence-electron chi connectivity index (χ1n) is 5.23. The first kappa shape index (κ1) is 14.7. The first-order valence-corrected chi connectivity index (χ1v) is 7.18. The molecule has 0 bridgehead atoms. The monoisotopic (exact) mass is 277 g/mol. The molecule has 0 aliphatic heterocycles. The van der Waals surface area contributed by atoms with E-state index in [2.05, 4.69) is 5.32 Å². The number of sulfone groups is 1. The Morgan fingerprint density at radius 2 is 1.94 bits per heavy atom. The second-order valence-corrected chi connectivity index (χ2v) is 6.61. The van der Waals surface area contributed by atoms with Crippen LogP contribution in [0.2, 0.25) is 0 Å². The van der Waals surface area contributed by atoms with Crippen molar-refractivity contribution in [2.24, 2.45) is 0 Å². The van der Waals surface area contributed by atoms with Crippen molar-refractivity contribution in [2.75, 3.05) is 12.8 Å². The zero-order valence-electron chi connectivity index (χ0n) is 9.30. The van der Waals surface area contributed by atoms with E-state index in [4.69, 9.17) is 0 Å². The van der Waals surface area contributed by atoms with Gasteiger partial charge in [-0.1, -0.05) is 6.42 Å². The third kappa shape index (κ3) is 3.80. The fourth-order valence-corrected chi connectivity index (χ4v) is 3.44. The smallest absolute Gasteiger partial charge is 0.307 e. The van der Waals surface area contributed by atoms with E-state index >= 15 is 0 Å². The van der Waals surface area contributed by atoms with Crippen molar-refractivity contribution >= 4 is 9.84 Å². The van der Waals surface area contributed by atoms with Crippen LogP contribution in [-0.4, -0.2) is 44.9 Å². The maximum absolute atomic E-state index is 12.7. The maximum atomic E-state index is 12.7. The molecule has 0 aromatic rings. The van der Waals surface area contributed by atoms with E-state index in [1.807, 2.05) is 0 Å². The molecule has 1 rings (SSSR count). The van der Waals surface area contributed by atoms with Crippen molar-refractivity contribution in [2.45, 2.75) is 42.9 Å². The van der Waals surface area contributed by atoms with Gasteiger partial charge in [-0.2, -0.15) is 8.78 Å². The summed E-state index contributed by atoms with van der Waals surface area (Å²) in [5, 5.41) is 1.50. The zero-order valence-corrected chi connectivity index (χ0v) is 10.1. The molecule has 1 N–H and O–H groups in total. The minimum atomic E-state index is -4.12. The second kappa shape index (κ2) is 5.09. The number of hydrogen-bond donors (Lipinski definition) is 1. The molecule has 0 saturated heterocycles. The number of halogens is 4. The minimum Gasteiger partial charge on any atom is -0.307 e. The topological polar surface area (TPSA) is 46.2 Å². The van der Waals surface area contributed by atoms with Crippen molar-refractivity contribution in [3.63, 3.8) is 0 Å². The molecular formula is C9H15F4NO2S. The Hall–Kier alpha value is -0.370. The summed E-state index contributed by atoms with van der Waals surface area (Å²) in [6, 6.07) is -0.658. The lowest BCUT2D eigenvalue weighted by molar-refractivity contribution is -0.126. The SMILES string of the molecule is CS(=O)(=O)C1CCCC1NCC(F)(F)C(F)F. The summed E-state index contributed by atoms with van der Waals surface area (Å²) in [4.78, 5) is 0. The highest BCUT2D eigenvalue weighted by molar-refractivity contribution is 7.91. The number of rotatable bonds is 5. The fraction of sp³-hybridized carbons (Fsp3) is 1.00. The summed E-state index contributed by atoms with van der Waals surface area (Å²) in [5.74, 6) is -4.12. The highest BCUT2D eigenvalue weighted by Gasteiger charge is 2.43. The third-order valence-electron chi connectivity index (χ3n) is 2.92. The second-order valence-electron chi connectivity index (χ2n) is 4.35. The van der Waals surface area contributed by atoms with Gasteiger partial charge in [-0.15, -0.1) is 0 Å². The van der Waals surface area contributed by atoms with Gasteiger partial charge in [0, 0.05) is 12.3 Å². The summed E-state index contributed by atoms with van der Waals surface area (Å²) < 4.78 is 71.8. The molecule has 1 aliphatic carbocycles. The lowest BCUT2D eigenvalue weighted by Crippen LogP contribution is -2.47. The Bertz CT molecular complexity index is 358. The Morgan fingerprint density at radius 1 is 1.35 bits per heavy atom. The molecule has 2 unspecified atom stereocenters. The van der Waals surface area contributed by atoms with Crippen LogP contribution in [0.5, 0.6) is 0 Å². The summed E-state index contributed by atoms with van der Waals surface area (Å²) in [5.41, 5.74) is 0. The lowest BCUT2D eigenvalue weighted by Gasteiger charge is -2.23. The normalized spacial score (nSPS) is 26.7. The van der Waals surface area contributed by atoms with Crippen molar-refractivity contribution in [1.82, 2.24) is 5.32 Å². The summed E-state index contributed by atoms with van der Waals surface area (Å²) >= 11 is 0. The van der Waals surface area contributed by atoms with Crippen LogP contribution in [0.4, 0.5) is 17.6 Å². The minimum absolute atomic E-state index is 0.386. The molecule has 0 spiro atoms. The van der Waals surface area contributed by atoms with Gasteiger partial charge in [-0.3, -0.25) is 0 Å². The average molecular weight is 277 g/mol. The summed E-state index contributed by atoms with van der Waals surface area (Å²) in [6.07, 6.45) is -1.32.